The van der Waals surface area contributed by atoms with Gasteiger partial charge in [0.1, 0.15) is 5.75 Å². The van der Waals surface area contributed by atoms with Gasteiger partial charge in [0.2, 0.25) is 5.91 Å². The number of hydrogen-bond acceptors (Lipinski definition) is 4. The fourth-order valence-corrected chi connectivity index (χ4v) is 4.82. The van der Waals surface area contributed by atoms with E-state index in [1.54, 1.807) is 18.1 Å². The first-order chi connectivity index (χ1) is 10.9. The van der Waals surface area contributed by atoms with E-state index in [2.05, 4.69) is 15.9 Å². The third-order valence-electron chi connectivity index (χ3n) is 3.87. The number of carbonyl (C=O) groups is 1. The van der Waals surface area contributed by atoms with Crippen molar-refractivity contribution in [1.29, 1.82) is 0 Å². The van der Waals surface area contributed by atoms with Gasteiger partial charge < -0.3 is 9.64 Å². The van der Waals surface area contributed by atoms with Crippen molar-refractivity contribution in [3.05, 3.63) is 34.3 Å². The van der Waals surface area contributed by atoms with Crippen molar-refractivity contribution < 1.29 is 17.9 Å². The zero-order valence-corrected chi connectivity index (χ0v) is 15.6. The number of methoxy groups -OCH3 is 1. The summed E-state index contributed by atoms with van der Waals surface area (Å²) in [5.41, 5.74) is 0.783. The van der Waals surface area contributed by atoms with Gasteiger partial charge in [-0.15, -0.1) is 0 Å². The predicted molar refractivity (Wildman–Crippen MR) is 94.2 cm³/mol. The topological polar surface area (TPSA) is 63.7 Å². The molecule has 0 bridgehead atoms. The molecule has 2 rings (SSSR count). The highest BCUT2D eigenvalue weighted by molar-refractivity contribution is 9.10. The molecule has 0 spiro atoms. The minimum Gasteiger partial charge on any atom is -0.496 e. The third kappa shape index (κ3) is 4.57. The zero-order chi connectivity index (χ0) is 17.0. The summed E-state index contributed by atoms with van der Waals surface area (Å²) in [5, 5.41) is 0. The summed E-state index contributed by atoms with van der Waals surface area (Å²) in [5.74, 6) is 0.700. The second kappa shape index (κ2) is 7.49. The number of rotatable bonds is 5. The molecule has 23 heavy (non-hydrogen) atoms. The lowest BCUT2D eigenvalue weighted by Crippen LogP contribution is -2.40. The van der Waals surface area contributed by atoms with Crippen molar-refractivity contribution in [3.63, 3.8) is 0 Å². The van der Waals surface area contributed by atoms with Crippen LogP contribution in [-0.4, -0.2) is 50.4 Å². The maximum absolute atomic E-state index is 12.4. The van der Waals surface area contributed by atoms with Gasteiger partial charge in [-0.25, -0.2) is 8.42 Å². The Hall–Kier alpha value is -1.34. The molecule has 1 aliphatic heterocycles. The number of sulfone groups is 1. The van der Waals surface area contributed by atoms with Gasteiger partial charge in [0.05, 0.1) is 18.6 Å². The van der Waals surface area contributed by atoms with Crippen molar-refractivity contribution in [1.82, 2.24) is 4.90 Å². The van der Waals surface area contributed by atoms with Gasteiger partial charge in [0, 0.05) is 28.7 Å². The normalized spacial score (nSPS) is 19.9. The van der Waals surface area contributed by atoms with Crippen LogP contribution in [0.4, 0.5) is 0 Å². The Morgan fingerprint density at radius 3 is 2.78 bits per heavy atom. The van der Waals surface area contributed by atoms with E-state index in [9.17, 15) is 13.2 Å². The minimum absolute atomic E-state index is 0.0562. The average Bonchev–Trinajstić information content (AvgIpc) is 2.86. The summed E-state index contributed by atoms with van der Waals surface area (Å²) in [6.07, 6.45) is 3.67. The first-order valence-electron chi connectivity index (χ1n) is 7.39. The Morgan fingerprint density at radius 2 is 2.22 bits per heavy atom. The average molecular weight is 402 g/mol. The highest BCUT2D eigenvalue weighted by atomic mass is 79.9. The maximum atomic E-state index is 12.4. The van der Waals surface area contributed by atoms with Crippen LogP contribution in [0.2, 0.25) is 0 Å². The molecule has 0 saturated carbocycles. The zero-order valence-electron chi connectivity index (χ0n) is 13.2. The van der Waals surface area contributed by atoms with Crippen molar-refractivity contribution in [2.45, 2.75) is 19.4 Å². The molecule has 1 aromatic carbocycles. The molecule has 1 atom stereocenters. The van der Waals surface area contributed by atoms with Gasteiger partial charge in [0.15, 0.2) is 9.84 Å². The molecule has 0 N–H and O–H groups in total. The largest absolute Gasteiger partial charge is 0.496 e. The first kappa shape index (κ1) is 18.0. The van der Waals surface area contributed by atoms with E-state index in [0.29, 0.717) is 18.7 Å². The van der Waals surface area contributed by atoms with E-state index in [1.165, 1.54) is 6.08 Å². The molecule has 0 aromatic heterocycles. The van der Waals surface area contributed by atoms with Crippen LogP contribution in [0.15, 0.2) is 28.7 Å². The van der Waals surface area contributed by atoms with Gasteiger partial charge in [0.25, 0.3) is 0 Å². The molecule has 1 aromatic rings. The fourth-order valence-electron chi connectivity index (χ4n) is 2.71. The molecule has 1 unspecified atom stereocenters. The van der Waals surface area contributed by atoms with E-state index in [1.807, 2.05) is 25.1 Å². The molecule has 1 heterocycles. The number of hydrogen-bond donors (Lipinski definition) is 0. The van der Waals surface area contributed by atoms with Gasteiger partial charge in [-0.2, -0.15) is 0 Å². The lowest BCUT2D eigenvalue weighted by molar-refractivity contribution is -0.127. The molecule has 5 nitrogen and oxygen atoms in total. The Bertz CT molecular complexity index is 715. The van der Waals surface area contributed by atoms with Gasteiger partial charge in [-0.05, 0) is 37.6 Å². The number of halogens is 1. The summed E-state index contributed by atoms with van der Waals surface area (Å²) < 4.78 is 29.4. The van der Waals surface area contributed by atoms with Crippen LogP contribution < -0.4 is 4.74 Å². The maximum Gasteiger partial charge on any atom is 0.246 e. The van der Waals surface area contributed by atoms with Gasteiger partial charge in [-0.1, -0.05) is 15.9 Å². The van der Waals surface area contributed by atoms with Crippen LogP contribution in [0.1, 0.15) is 18.9 Å². The van der Waals surface area contributed by atoms with E-state index < -0.39 is 9.84 Å². The molecule has 1 amide bonds. The molecule has 1 fully saturated rings. The molecule has 1 saturated heterocycles. The van der Waals surface area contributed by atoms with Crippen LogP contribution in [-0.2, 0) is 14.6 Å². The Labute approximate surface area is 145 Å². The van der Waals surface area contributed by atoms with E-state index in [-0.39, 0.29) is 23.5 Å². The van der Waals surface area contributed by atoms with Crippen LogP contribution >= 0.6 is 15.9 Å². The smallest absolute Gasteiger partial charge is 0.246 e. The Kier molecular flexibility index (Phi) is 5.86. The van der Waals surface area contributed by atoms with Crippen molar-refractivity contribution in [3.8, 4) is 5.75 Å². The second-order valence-corrected chi connectivity index (χ2v) is 8.55. The number of benzene rings is 1. The SMILES string of the molecule is CCN(C(=O)/C=C/c1cc(Br)ccc1OC)C1CCS(=O)(=O)C1. The van der Waals surface area contributed by atoms with E-state index >= 15 is 0 Å². The monoisotopic (exact) mass is 401 g/mol. The van der Waals surface area contributed by atoms with Crippen molar-refractivity contribution in [2.75, 3.05) is 25.2 Å². The second-order valence-electron chi connectivity index (χ2n) is 5.40. The third-order valence-corrected chi connectivity index (χ3v) is 6.11. The van der Waals surface area contributed by atoms with Crippen molar-refractivity contribution in [2.24, 2.45) is 0 Å². The highest BCUT2D eigenvalue weighted by Gasteiger charge is 2.33. The summed E-state index contributed by atoms with van der Waals surface area (Å²) in [7, 11) is -1.44. The summed E-state index contributed by atoms with van der Waals surface area (Å²) in [4.78, 5) is 14.0. The first-order valence-corrected chi connectivity index (χ1v) is 10.0. The number of carbonyl (C=O) groups excluding carboxylic acids is 1. The Balaban J connectivity index is 2.15. The predicted octanol–water partition coefficient (Wildman–Crippen LogP) is 2.51. The van der Waals surface area contributed by atoms with E-state index in [0.717, 1.165) is 10.0 Å². The quantitative estimate of drug-likeness (QED) is 0.710. The highest BCUT2D eigenvalue weighted by Crippen LogP contribution is 2.24. The summed E-state index contributed by atoms with van der Waals surface area (Å²) in [6.45, 7) is 2.34. The number of likely N-dealkylation sites (N-methyl/N-ethyl adjacent to an activating group) is 1. The molecule has 7 heteroatoms. The molecule has 0 aliphatic carbocycles. The van der Waals surface area contributed by atoms with Crippen molar-refractivity contribution >= 4 is 37.8 Å². The lowest BCUT2D eigenvalue weighted by atomic mass is 10.1. The molecule has 1 aliphatic rings. The lowest BCUT2D eigenvalue weighted by Gasteiger charge is -2.25. The van der Waals surface area contributed by atoms with Crippen LogP contribution in [0.3, 0.4) is 0 Å². The number of amides is 1. The molecule has 126 valence electrons. The van der Waals surface area contributed by atoms with Gasteiger partial charge >= 0.3 is 0 Å². The summed E-state index contributed by atoms with van der Waals surface area (Å²) in [6, 6.07) is 5.31. The molecular formula is C16H20BrNO4S. The minimum atomic E-state index is -3.01. The standard InChI is InChI=1S/C16H20BrNO4S/c1-3-18(14-8-9-23(20,21)11-14)16(19)7-4-12-10-13(17)5-6-15(12)22-2/h4-7,10,14H,3,8-9,11H2,1-2H3/b7-4+. The summed E-state index contributed by atoms with van der Waals surface area (Å²) >= 11 is 3.39. The Morgan fingerprint density at radius 1 is 1.48 bits per heavy atom. The number of nitrogens with zero attached hydrogens (tertiary/aromatic N) is 1. The molecular weight excluding hydrogens is 382 g/mol. The van der Waals surface area contributed by atoms with Crippen LogP contribution in [0.25, 0.3) is 6.08 Å². The number of ether oxygens (including phenoxy) is 1. The molecule has 0 radical (unpaired) electrons. The fraction of sp³-hybridized carbons (Fsp3) is 0.438. The van der Waals surface area contributed by atoms with Crippen LogP contribution in [0, 0.1) is 0 Å². The van der Waals surface area contributed by atoms with Gasteiger partial charge in [-0.3, -0.25) is 4.79 Å². The van der Waals surface area contributed by atoms with E-state index in [4.69, 9.17) is 4.74 Å². The van der Waals surface area contributed by atoms with Crippen LogP contribution in [0.5, 0.6) is 5.75 Å².